The Kier molecular flexibility index (Phi) is 14.8. The number of benzene rings is 1. The second kappa shape index (κ2) is 17.8. The fourth-order valence-corrected chi connectivity index (χ4v) is 5.43. The molecule has 1 saturated heterocycles. The second-order valence-corrected chi connectivity index (χ2v) is 14.0. The summed E-state index contributed by atoms with van der Waals surface area (Å²) in [6.45, 7) is 15.6. The Morgan fingerprint density at radius 3 is 1.02 bits per heavy atom. The van der Waals surface area contributed by atoms with Crippen LogP contribution in [0.3, 0.4) is 0 Å². The smallest absolute Gasteiger partial charge is 0.243 e. The lowest BCUT2D eigenvalue weighted by Crippen LogP contribution is -2.58. The molecular formula is C34H56N6O5. The number of hydrogen-bond acceptors (Lipinski definition) is 6. The van der Waals surface area contributed by atoms with Gasteiger partial charge in [-0.1, -0.05) is 67.5 Å². The average molecular weight is 629 g/mol. The Morgan fingerprint density at radius 2 is 0.756 bits per heavy atom. The van der Waals surface area contributed by atoms with Crippen LogP contribution in [0.25, 0.3) is 0 Å². The number of carbonyl (C=O) groups is 5. The van der Waals surface area contributed by atoms with Crippen molar-refractivity contribution in [1.82, 2.24) is 26.6 Å². The fourth-order valence-electron chi connectivity index (χ4n) is 5.43. The molecule has 45 heavy (non-hydrogen) atoms. The highest BCUT2D eigenvalue weighted by Crippen LogP contribution is 2.15. The first-order valence-corrected chi connectivity index (χ1v) is 16.4. The molecule has 0 spiro atoms. The van der Waals surface area contributed by atoms with E-state index in [2.05, 4.69) is 31.9 Å². The molecule has 1 aliphatic rings. The molecule has 5 atom stereocenters. The van der Waals surface area contributed by atoms with Gasteiger partial charge in [-0.3, -0.25) is 24.0 Å². The third-order valence-electron chi connectivity index (χ3n) is 7.68. The first-order chi connectivity index (χ1) is 21.1. The van der Waals surface area contributed by atoms with E-state index in [0.29, 0.717) is 25.7 Å². The lowest BCUT2D eigenvalue weighted by Gasteiger charge is -2.27. The van der Waals surface area contributed by atoms with Crippen LogP contribution >= 0.6 is 0 Å². The predicted molar refractivity (Wildman–Crippen MR) is 177 cm³/mol. The van der Waals surface area contributed by atoms with Gasteiger partial charge in [0, 0.05) is 19.2 Å². The Hall–Kier alpha value is -3.63. The van der Waals surface area contributed by atoms with E-state index in [1.165, 1.54) is 0 Å². The Balaban J connectivity index is 2.61. The summed E-state index contributed by atoms with van der Waals surface area (Å²) in [6, 6.07) is 2.79. The zero-order chi connectivity index (χ0) is 33.8. The topological polar surface area (TPSA) is 158 Å². The summed E-state index contributed by atoms with van der Waals surface area (Å²) in [6.07, 6.45) is 1.52. The Bertz CT molecular complexity index is 1130. The van der Waals surface area contributed by atoms with Crippen molar-refractivity contribution in [3.05, 3.63) is 29.8 Å². The summed E-state index contributed by atoms with van der Waals surface area (Å²) in [5.74, 6) is -2.24. The second-order valence-electron chi connectivity index (χ2n) is 14.0. The van der Waals surface area contributed by atoms with E-state index in [-0.39, 0.29) is 30.1 Å². The molecule has 1 heterocycles. The molecule has 0 aliphatic carbocycles. The molecule has 0 saturated carbocycles. The van der Waals surface area contributed by atoms with E-state index in [1.54, 1.807) is 0 Å². The van der Waals surface area contributed by atoms with E-state index < -0.39 is 59.7 Å². The van der Waals surface area contributed by atoms with Gasteiger partial charge in [0.25, 0.3) is 0 Å². The monoisotopic (exact) mass is 628 g/mol. The van der Waals surface area contributed by atoms with Gasteiger partial charge in [0.05, 0.1) is 0 Å². The van der Waals surface area contributed by atoms with Crippen LogP contribution in [0.15, 0.2) is 24.3 Å². The molecule has 0 bridgehead atoms. The first kappa shape index (κ1) is 37.6. The summed E-state index contributed by atoms with van der Waals surface area (Å²) >= 11 is 0. The molecule has 252 valence electrons. The van der Waals surface area contributed by atoms with Gasteiger partial charge in [0.15, 0.2) is 0 Å². The molecular weight excluding hydrogens is 572 g/mol. The number of rotatable bonds is 11. The van der Waals surface area contributed by atoms with Crippen molar-refractivity contribution in [1.29, 1.82) is 0 Å². The fraction of sp³-hybridized carbons (Fsp3) is 0.676. The molecule has 5 amide bonds. The van der Waals surface area contributed by atoms with Crippen molar-refractivity contribution < 1.29 is 24.0 Å². The summed E-state index contributed by atoms with van der Waals surface area (Å²) in [4.78, 5) is 68.6. The highest BCUT2D eigenvalue weighted by atomic mass is 16.2. The lowest BCUT2D eigenvalue weighted by molar-refractivity contribution is -0.134. The van der Waals surface area contributed by atoms with Crippen LogP contribution in [0, 0.1) is 23.7 Å². The summed E-state index contributed by atoms with van der Waals surface area (Å²) in [5, 5.41) is 17.4. The molecule has 1 aromatic rings. The van der Waals surface area contributed by atoms with E-state index in [1.807, 2.05) is 86.7 Å². The van der Waals surface area contributed by atoms with Crippen LogP contribution in [-0.2, 0) is 30.4 Å². The quantitative estimate of drug-likeness (QED) is 0.221. The number of nitrogens with one attached hydrogen (secondary N) is 6. The maximum absolute atomic E-state index is 13.9. The molecule has 11 nitrogen and oxygen atoms in total. The van der Waals surface area contributed by atoms with Crippen molar-refractivity contribution in [2.75, 3.05) is 12.4 Å². The lowest BCUT2D eigenvalue weighted by atomic mass is 9.98. The average Bonchev–Trinajstić information content (AvgIpc) is 2.94. The number of amides is 5. The molecule has 0 aromatic heterocycles. The highest BCUT2D eigenvalue weighted by Gasteiger charge is 2.35. The molecule has 1 fully saturated rings. The SMILES string of the molecule is CNc1ccc(C[C@H]2NC(=O)[C@H](CC(C)C)NC(=O)[C@@H](CC(C)C)NC(=O)[C@H](CC(C)C)NC(=O)[C@@H](CC(C)C)NC2=O)cc1. The third-order valence-corrected chi connectivity index (χ3v) is 7.68. The summed E-state index contributed by atoms with van der Waals surface area (Å²) < 4.78 is 0. The maximum Gasteiger partial charge on any atom is 0.243 e. The van der Waals surface area contributed by atoms with Crippen LogP contribution in [0.5, 0.6) is 0 Å². The summed E-state index contributed by atoms with van der Waals surface area (Å²) in [7, 11) is 1.81. The Morgan fingerprint density at radius 1 is 0.489 bits per heavy atom. The maximum atomic E-state index is 13.9. The van der Waals surface area contributed by atoms with Crippen molar-refractivity contribution in [2.24, 2.45) is 23.7 Å². The van der Waals surface area contributed by atoms with Crippen molar-refractivity contribution >= 4 is 35.2 Å². The zero-order valence-electron chi connectivity index (χ0n) is 28.6. The van der Waals surface area contributed by atoms with Gasteiger partial charge in [-0.15, -0.1) is 0 Å². The van der Waals surface area contributed by atoms with E-state index >= 15 is 0 Å². The molecule has 11 heteroatoms. The van der Waals surface area contributed by atoms with E-state index in [4.69, 9.17) is 0 Å². The third kappa shape index (κ3) is 12.7. The van der Waals surface area contributed by atoms with Gasteiger partial charge in [-0.05, 0) is 67.1 Å². The molecule has 2 rings (SSSR count). The molecule has 0 unspecified atom stereocenters. The van der Waals surface area contributed by atoms with Gasteiger partial charge in [-0.2, -0.15) is 0 Å². The normalized spacial score (nSPS) is 24.0. The zero-order valence-corrected chi connectivity index (χ0v) is 28.6. The first-order valence-electron chi connectivity index (χ1n) is 16.4. The molecule has 0 radical (unpaired) electrons. The van der Waals surface area contributed by atoms with Gasteiger partial charge in [-0.25, -0.2) is 0 Å². The predicted octanol–water partition coefficient (Wildman–Crippen LogP) is 2.89. The van der Waals surface area contributed by atoms with Crippen LogP contribution in [-0.4, -0.2) is 66.8 Å². The van der Waals surface area contributed by atoms with Crippen LogP contribution in [0.4, 0.5) is 5.69 Å². The molecule has 1 aromatic carbocycles. The summed E-state index contributed by atoms with van der Waals surface area (Å²) in [5.41, 5.74) is 1.71. The van der Waals surface area contributed by atoms with Gasteiger partial charge < -0.3 is 31.9 Å². The number of anilines is 1. The molecule has 6 N–H and O–H groups in total. The Labute approximate surface area is 269 Å². The number of carbonyl (C=O) groups excluding carboxylic acids is 5. The standard InChI is InChI=1S/C34H56N6O5/c1-19(2)14-25-30(41)36-26(15-20(3)4)31(42)38-28(17-22(7)8)33(44)40-29(18-23-10-12-24(35-9)13-11-23)34(45)39-27(16-21(5)6)32(43)37-25/h10-13,19-22,25-29,35H,14-18H2,1-9H3,(H,36,41)(H,37,43)(H,38,42)(H,39,45)(H,40,44)/t25-,26+,27+,28-,29+/m0/s1. The van der Waals surface area contributed by atoms with Gasteiger partial charge >= 0.3 is 0 Å². The molecule has 1 aliphatic heterocycles. The van der Waals surface area contributed by atoms with Crippen molar-refractivity contribution in [2.45, 2.75) is 118 Å². The minimum atomic E-state index is -1.02. The van der Waals surface area contributed by atoms with Gasteiger partial charge in [0.2, 0.25) is 29.5 Å². The number of hydrogen-bond donors (Lipinski definition) is 6. The van der Waals surface area contributed by atoms with Gasteiger partial charge in [0.1, 0.15) is 30.2 Å². The minimum Gasteiger partial charge on any atom is -0.388 e. The van der Waals surface area contributed by atoms with Crippen LogP contribution in [0.2, 0.25) is 0 Å². The van der Waals surface area contributed by atoms with E-state index in [9.17, 15) is 24.0 Å². The minimum absolute atomic E-state index is 0.0512. The van der Waals surface area contributed by atoms with Crippen molar-refractivity contribution in [3.63, 3.8) is 0 Å². The van der Waals surface area contributed by atoms with Crippen molar-refractivity contribution in [3.8, 4) is 0 Å². The van der Waals surface area contributed by atoms with Crippen LogP contribution in [0.1, 0.15) is 86.6 Å². The van der Waals surface area contributed by atoms with Crippen LogP contribution < -0.4 is 31.9 Å². The highest BCUT2D eigenvalue weighted by molar-refractivity contribution is 5.98. The van der Waals surface area contributed by atoms with E-state index in [0.717, 1.165) is 11.3 Å². The largest absolute Gasteiger partial charge is 0.388 e.